The maximum absolute atomic E-state index is 2.57. The van der Waals surface area contributed by atoms with Gasteiger partial charge in [0, 0.05) is 0 Å². The van der Waals surface area contributed by atoms with Crippen LogP contribution < -0.4 is 0 Å². The molecule has 2 rings (SSSR count). The summed E-state index contributed by atoms with van der Waals surface area (Å²) in [5.41, 5.74) is 4.36. The van der Waals surface area contributed by atoms with Crippen LogP contribution >= 0.6 is 0 Å². The lowest BCUT2D eigenvalue weighted by molar-refractivity contribution is 0.668. The van der Waals surface area contributed by atoms with Crippen LogP contribution in [-0.4, -0.2) is 8.07 Å². The zero-order valence-electron chi connectivity index (χ0n) is 12.5. The van der Waals surface area contributed by atoms with E-state index in [-0.39, 0.29) is 0 Å². The summed E-state index contributed by atoms with van der Waals surface area (Å²) < 4.78 is 0. The zero-order chi connectivity index (χ0) is 12.5. The highest BCUT2D eigenvalue weighted by Crippen LogP contribution is 2.59. The Morgan fingerprint density at radius 1 is 0.647 bits per heavy atom. The van der Waals surface area contributed by atoms with E-state index in [4.69, 9.17) is 0 Å². The molecule has 0 radical (unpaired) electrons. The third-order valence-corrected chi connectivity index (χ3v) is 14.1. The summed E-state index contributed by atoms with van der Waals surface area (Å²) in [4.78, 5) is 0. The lowest BCUT2D eigenvalue weighted by atomic mass is 10.3. The first-order valence-corrected chi connectivity index (χ1v) is 10.4. The van der Waals surface area contributed by atoms with E-state index in [1.165, 1.54) is 36.8 Å². The summed E-state index contributed by atoms with van der Waals surface area (Å²) in [5, 5.41) is 0. The van der Waals surface area contributed by atoms with Crippen LogP contribution in [0.3, 0.4) is 0 Å². The van der Waals surface area contributed by atoms with Gasteiger partial charge < -0.3 is 0 Å². The molecule has 0 heterocycles. The van der Waals surface area contributed by atoms with Gasteiger partial charge in [0.25, 0.3) is 0 Å². The van der Waals surface area contributed by atoms with Crippen LogP contribution in [-0.2, 0) is 0 Å². The minimum Gasteiger partial charge on any atom is -0.0651 e. The molecular formula is C16H32Si. The van der Waals surface area contributed by atoms with Gasteiger partial charge in [-0.15, -0.1) is 0 Å². The van der Waals surface area contributed by atoms with Crippen molar-refractivity contribution in [1.82, 2.24) is 0 Å². The van der Waals surface area contributed by atoms with Crippen molar-refractivity contribution in [1.29, 1.82) is 0 Å². The van der Waals surface area contributed by atoms with Gasteiger partial charge in [0.15, 0.2) is 0 Å². The van der Waals surface area contributed by atoms with E-state index in [1.807, 2.05) is 0 Å². The highest BCUT2D eigenvalue weighted by atomic mass is 28.3. The molecule has 2 fully saturated rings. The van der Waals surface area contributed by atoms with Gasteiger partial charge in [-0.3, -0.25) is 0 Å². The largest absolute Gasteiger partial charge is 0.0651 e. The summed E-state index contributed by atoms with van der Waals surface area (Å²) >= 11 is 0. The molecule has 0 atom stereocenters. The van der Waals surface area contributed by atoms with Crippen molar-refractivity contribution < 1.29 is 0 Å². The second-order valence-corrected chi connectivity index (χ2v) is 13.2. The summed E-state index contributed by atoms with van der Waals surface area (Å²) in [6.45, 7) is 10.3. The first kappa shape index (κ1) is 13.6. The van der Waals surface area contributed by atoms with Crippen LogP contribution in [0.2, 0.25) is 22.2 Å². The number of hydrogen-bond donors (Lipinski definition) is 0. The summed E-state index contributed by atoms with van der Waals surface area (Å²) in [5.74, 6) is 0. The van der Waals surface area contributed by atoms with Crippen molar-refractivity contribution in [2.45, 2.75) is 101 Å². The van der Waals surface area contributed by atoms with Gasteiger partial charge in [-0.2, -0.15) is 0 Å². The summed E-state index contributed by atoms with van der Waals surface area (Å²) in [6.07, 6.45) is 12.5. The molecule has 0 aromatic heterocycles. The van der Waals surface area contributed by atoms with Gasteiger partial charge in [0.1, 0.15) is 0 Å². The van der Waals surface area contributed by atoms with E-state index in [9.17, 15) is 0 Å². The van der Waals surface area contributed by atoms with Crippen molar-refractivity contribution in [2.24, 2.45) is 0 Å². The summed E-state index contributed by atoms with van der Waals surface area (Å²) in [6, 6.07) is 0. The third-order valence-electron chi connectivity index (χ3n) is 6.12. The molecule has 0 amide bonds. The predicted octanol–water partition coefficient (Wildman–Crippen LogP) is 6.14. The minimum atomic E-state index is -1.08. The number of rotatable bonds is 4. The van der Waals surface area contributed by atoms with Gasteiger partial charge in [-0.25, -0.2) is 0 Å². The second kappa shape index (κ2) is 5.46. The molecule has 100 valence electrons. The molecule has 0 saturated heterocycles. The SMILES string of the molecule is CC(C)[Si](C(C)C)(C1CCCC1)C1CCCC1. The molecule has 0 N–H and O–H groups in total. The predicted molar refractivity (Wildman–Crippen MR) is 80.4 cm³/mol. The van der Waals surface area contributed by atoms with Gasteiger partial charge in [0.2, 0.25) is 0 Å². The molecule has 0 aliphatic heterocycles. The summed E-state index contributed by atoms with van der Waals surface area (Å²) in [7, 11) is -1.08. The normalized spacial score (nSPS) is 24.4. The van der Waals surface area contributed by atoms with E-state index in [2.05, 4.69) is 27.7 Å². The van der Waals surface area contributed by atoms with Crippen LogP contribution in [0.15, 0.2) is 0 Å². The Kier molecular flexibility index (Phi) is 4.38. The number of hydrogen-bond acceptors (Lipinski definition) is 0. The van der Waals surface area contributed by atoms with Gasteiger partial charge in [-0.1, -0.05) is 90.1 Å². The topological polar surface area (TPSA) is 0 Å². The highest BCUT2D eigenvalue weighted by molar-refractivity contribution is 6.85. The Morgan fingerprint density at radius 3 is 1.18 bits per heavy atom. The Labute approximate surface area is 110 Å². The molecule has 2 aliphatic rings. The minimum absolute atomic E-state index is 1.01. The molecule has 0 unspecified atom stereocenters. The molecule has 17 heavy (non-hydrogen) atoms. The Balaban J connectivity index is 2.30. The molecule has 0 spiro atoms. The smallest absolute Gasteiger partial charge is 0.0649 e. The van der Waals surface area contributed by atoms with Gasteiger partial charge in [0.05, 0.1) is 8.07 Å². The van der Waals surface area contributed by atoms with E-state index < -0.39 is 8.07 Å². The lowest BCUT2D eigenvalue weighted by Crippen LogP contribution is -2.49. The molecule has 0 nitrogen and oxygen atoms in total. The van der Waals surface area contributed by atoms with Crippen LogP contribution in [0.25, 0.3) is 0 Å². The van der Waals surface area contributed by atoms with E-state index in [1.54, 1.807) is 25.7 Å². The van der Waals surface area contributed by atoms with Gasteiger partial charge in [-0.05, 0) is 11.1 Å². The van der Waals surface area contributed by atoms with Crippen LogP contribution in [0, 0.1) is 0 Å². The van der Waals surface area contributed by atoms with Crippen molar-refractivity contribution in [3.05, 3.63) is 0 Å². The van der Waals surface area contributed by atoms with Crippen LogP contribution in [0.4, 0.5) is 0 Å². The molecule has 2 aliphatic carbocycles. The average Bonchev–Trinajstić information content (AvgIpc) is 2.88. The molecule has 0 aromatic rings. The maximum Gasteiger partial charge on any atom is 0.0649 e. The van der Waals surface area contributed by atoms with Crippen LogP contribution in [0.5, 0.6) is 0 Å². The van der Waals surface area contributed by atoms with E-state index in [0.29, 0.717) is 0 Å². The molecule has 0 aromatic carbocycles. The van der Waals surface area contributed by atoms with Crippen LogP contribution in [0.1, 0.15) is 79.1 Å². The highest BCUT2D eigenvalue weighted by Gasteiger charge is 2.52. The third kappa shape index (κ3) is 2.24. The fourth-order valence-corrected chi connectivity index (χ4v) is 14.3. The Hall–Kier alpha value is 0.217. The average molecular weight is 253 g/mol. The molecule has 0 bridgehead atoms. The lowest BCUT2D eigenvalue weighted by Gasteiger charge is -2.49. The molecular weight excluding hydrogens is 220 g/mol. The Bertz CT molecular complexity index is 206. The van der Waals surface area contributed by atoms with Crippen molar-refractivity contribution in [2.75, 3.05) is 0 Å². The monoisotopic (exact) mass is 252 g/mol. The fraction of sp³-hybridized carbons (Fsp3) is 1.00. The van der Waals surface area contributed by atoms with Crippen molar-refractivity contribution >= 4 is 8.07 Å². The van der Waals surface area contributed by atoms with Gasteiger partial charge >= 0.3 is 0 Å². The van der Waals surface area contributed by atoms with E-state index >= 15 is 0 Å². The van der Waals surface area contributed by atoms with E-state index in [0.717, 1.165) is 11.1 Å². The first-order valence-electron chi connectivity index (χ1n) is 8.10. The fourth-order valence-electron chi connectivity index (χ4n) is 5.74. The zero-order valence-corrected chi connectivity index (χ0v) is 13.5. The molecule has 1 heteroatoms. The van der Waals surface area contributed by atoms with Crippen molar-refractivity contribution in [3.63, 3.8) is 0 Å². The van der Waals surface area contributed by atoms with Crippen molar-refractivity contribution in [3.8, 4) is 0 Å². The quantitative estimate of drug-likeness (QED) is 0.527. The first-order chi connectivity index (χ1) is 8.10. The standard InChI is InChI=1S/C16H32Si/c1-13(2)17(14(3)4,15-9-5-6-10-15)16-11-7-8-12-16/h13-16H,5-12H2,1-4H3. The maximum atomic E-state index is 2.57. The Morgan fingerprint density at radius 2 is 0.941 bits per heavy atom. The second-order valence-electron chi connectivity index (χ2n) is 7.27. The molecule has 2 saturated carbocycles.